The van der Waals surface area contributed by atoms with Crippen LogP contribution in [0.3, 0.4) is 0 Å². The van der Waals surface area contributed by atoms with Crippen molar-refractivity contribution >= 4 is 0 Å². The Hall–Kier alpha value is -1.31. The number of hydrogen-bond acceptors (Lipinski definition) is 2. The van der Waals surface area contributed by atoms with Gasteiger partial charge in [0.1, 0.15) is 0 Å². The van der Waals surface area contributed by atoms with Crippen molar-refractivity contribution in [1.82, 2.24) is 4.98 Å². The van der Waals surface area contributed by atoms with Crippen LogP contribution in [0, 0.1) is 0 Å². The Labute approximate surface area is 111 Å². The van der Waals surface area contributed by atoms with Crippen LogP contribution in [0.15, 0.2) is 18.5 Å². The standard InChI is InChI=1S/C12H13F6NO/c1-10(20,4-2-5-11(13,14)15)9-7-19-6-3-8(9)12(16,17)18/h3,6-7,20H,2,4-5H2,1H3. The second kappa shape index (κ2) is 5.59. The van der Waals surface area contributed by atoms with Gasteiger partial charge in [-0.1, -0.05) is 0 Å². The lowest BCUT2D eigenvalue weighted by molar-refractivity contribution is -0.143. The van der Waals surface area contributed by atoms with Crippen molar-refractivity contribution in [2.24, 2.45) is 0 Å². The molecular weight excluding hydrogens is 288 g/mol. The third-order valence-corrected chi connectivity index (χ3v) is 2.83. The summed E-state index contributed by atoms with van der Waals surface area (Å²) in [7, 11) is 0. The van der Waals surface area contributed by atoms with Crippen LogP contribution in [-0.2, 0) is 11.8 Å². The molecule has 0 spiro atoms. The molecule has 1 rings (SSSR count). The minimum atomic E-state index is -4.70. The van der Waals surface area contributed by atoms with Crippen LogP contribution in [0.1, 0.15) is 37.3 Å². The van der Waals surface area contributed by atoms with Gasteiger partial charge in [-0.05, 0) is 25.8 Å². The van der Waals surface area contributed by atoms with E-state index >= 15 is 0 Å². The molecule has 1 heterocycles. The van der Waals surface area contributed by atoms with Gasteiger partial charge in [0.25, 0.3) is 0 Å². The molecule has 0 aliphatic carbocycles. The lowest BCUT2D eigenvalue weighted by Crippen LogP contribution is -2.26. The molecule has 2 nitrogen and oxygen atoms in total. The Kier molecular flexibility index (Phi) is 4.68. The highest BCUT2D eigenvalue weighted by Crippen LogP contribution is 2.38. The van der Waals surface area contributed by atoms with Gasteiger partial charge in [0, 0.05) is 24.4 Å². The van der Waals surface area contributed by atoms with Gasteiger partial charge in [-0.15, -0.1) is 0 Å². The molecule has 8 heteroatoms. The van der Waals surface area contributed by atoms with E-state index < -0.39 is 48.3 Å². The van der Waals surface area contributed by atoms with Crippen LogP contribution >= 0.6 is 0 Å². The predicted octanol–water partition coefficient (Wildman–Crippen LogP) is 4.04. The molecule has 0 aliphatic heterocycles. The van der Waals surface area contributed by atoms with Gasteiger partial charge in [-0.3, -0.25) is 4.98 Å². The maximum atomic E-state index is 12.8. The first-order chi connectivity index (χ1) is 8.93. The highest BCUT2D eigenvalue weighted by atomic mass is 19.4. The fourth-order valence-electron chi connectivity index (χ4n) is 1.84. The van der Waals surface area contributed by atoms with E-state index in [4.69, 9.17) is 0 Å². The fraction of sp³-hybridized carbons (Fsp3) is 0.583. The van der Waals surface area contributed by atoms with Crippen LogP contribution in [-0.4, -0.2) is 16.3 Å². The number of nitrogens with zero attached hydrogens (tertiary/aromatic N) is 1. The number of hydrogen-bond donors (Lipinski definition) is 1. The number of halogens is 6. The topological polar surface area (TPSA) is 33.1 Å². The van der Waals surface area contributed by atoms with Crippen LogP contribution in [0.25, 0.3) is 0 Å². The Morgan fingerprint density at radius 2 is 1.65 bits per heavy atom. The number of aromatic nitrogens is 1. The average Bonchev–Trinajstić information content (AvgIpc) is 2.25. The van der Waals surface area contributed by atoms with Crippen molar-refractivity contribution in [3.05, 3.63) is 29.6 Å². The maximum Gasteiger partial charge on any atom is 0.416 e. The highest BCUT2D eigenvalue weighted by molar-refractivity contribution is 5.31. The minimum Gasteiger partial charge on any atom is -0.385 e. The second-order valence-corrected chi connectivity index (χ2v) is 4.66. The number of alkyl halides is 6. The zero-order valence-electron chi connectivity index (χ0n) is 10.5. The molecule has 0 radical (unpaired) electrons. The summed E-state index contributed by atoms with van der Waals surface area (Å²) >= 11 is 0. The molecule has 0 amide bonds. The predicted molar refractivity (Wildman–Crippen MR) is 58.7 cm³/mol. The van der Waals surface area contributed by atoms with E-state index in [0.29, 0.717) is 6.07 Å². The van der Waals surface area contributed by atoms with E-state index in [0.717, 1.165) is 19.3 Å². The van der Waals surface area contributed by atoms with E-state index in [-0.39, 0.29) is 0 Å². The molecule has 0 aliphatic rings. The van der Waals surface area contributed by atoms with Gasteiger partial charge in [-0.25, -0.2) is 0 Å². The normalized spacial score (nSPS) is 16.0. The number of pyridine rings is 1. The third-order valence-electron chi connectivity index (χ3n) is 2.83. The van der Waals surface area contributed by atoms with Gasteiger partial charge in [-0.2, -0.15) is 26.3 Å². The summed E-state index contributed by atoms with van der Waals surface area (Å²) in [5.74, 6) is 0. The lowest BCUT2D eigenvalue weighted by Gasteiger charge is -2.27. The van der Waals surface area contributed by atoms with Crippen LogP contribution in [0.5, 0.6) is 0 Å². The Balaban J connectivity index is 2.93. The van der Waals surface area contributed by atoms with E-state index in [9.17, 15) is 31.4 Å². The molecule has 1 unspecified atom stereocenters. The van der Waals surface area contributed by atoms with Crippen molar-refractivity contribution in [3.63, 3.8) is 0 Å². The molecule has 1 atom stereocenters. The zero-order valence-corrected chi connectivity index (χ0v) is 10.5. The van der Waals surface area contributed by atoms with Gasteiger partial charge in [0.05, 0.1) is 11.2 Å². The second-order valence-electron chi connectivity index (χ2n) is 4.66. The molecule has 1 aromatic rings. The Bertz CT molecular complexity index is 452. The summed E-state index contributed by atoms with van der Waals surface area (Å²) in [5.41, 5.74) is -3.64. The number of aliphatic hydroxyl groups is 1. The SMILES string of the molecule is CC(O)(CCCC(F)(F)F)c1cnccc1C(F)(F)F. The van der Waals surface area contributed by atoms with Crippen molar-refractivity contribution in [2.45, 2.75) is 44.1 Å². The van der Waals surface area contributed by atoms with E-state index in [1.807, 2.05) is 0 Å². The minimum absolute atomic E-state index is 0.443. The molecule has 1 N–H and O–H groups in total. The average molecular weight is 301 g/mol. The maximum absolute atomic E-state index is 12.8. The summed E-state index contributed by atoms with van der Waals surface area (Å²) in [5, 5.41) is 10.0. The van der Waals surface area contributed by atoms with Crippen LogP contribution < -0.4 is 0 Å². The smallest absolute Gasteiger partial charge is 0.385 e. The molecule has 1 aromatic heterocycles. The highest BCUT2D eigenvalue weighted by Gasteiger charge is 2.39. The van der Waals surface area contributed by atoms with Gasteiger partial charge in [0.15, 0.2) is 0 Å². The van der Waals surface area contributed by atoms with E-state index in [2.05, 4.69) is 4.98 Å². The van der Waals surface area contributed by atoms with Gasteiger partial charge in [0.2, 0.25) is 0 Å². The van der Waals surface area contributed by atoms with Gasteiger partial charge >= 0.3 is 12.4 Å². The molecule has 20 heavy (non-hydrogen) atoms. The Morgan fingerprint density at radius 1 is 1.05 bits per heavy atom. The summed E-state index contributed by atoms with van der Waals surface area (Å²) in [6.45, 7) is 1.05. The first kappa shape index (κ1) is 16.7. The molecule has 0 bridgehead atoms. The third kappa shape index (κ3) is 4.66. The monoisotopic (exact) mass is 301 g/mol. The molecule has 114 valence electrons. The van der Waals surface area contributed by atoms with Crippen molar-refractivity contribution in [3.8, 4) is 0 Å². The summed E-state index contributed by atoms with van der Waals surface area (Å²) in [6, 6.07) is 0.688. The summed E-state index contributed by atoms with van der Waals surface area (Å²) in [6.07, 6.45) is -9.44. The molecule has 0 fully saturated rings. The molecule has 0 saturated carbocycles. The van der Waals surface area contributed by atoms with E-state index in [1.165, 1.54) is 0 Å². The first-order valence-corrected chi connectivity index (χ1v) is 5.74. The summed E-state index contributed by atoms with van der Waals surface area (Å²) < 4.78 is 74.4. The Morgan fingerprint density at radius 3 is 2.15 bits per heavy atom. The number of rotatable bonds is 4. The van der Waals surface area contributed by atoms with Crippen molar-refractivity contribution in [1.29, 1.82) is 0 Å². The lowest BCUT2D eigenvalue weighted by atomic mass is 9.88. The van der Waals surface area contributed by atoms with E-state index in [1.54, 1.807) is 0 Å². The first-order valence-electron chi connectivity index (χ1n) is 5.74. The molecule has 0 saturated heterocycles. The van der Waals surface area contributed by atoms with Crippen LogP contribution in [0.2, 0.25) is 0 Å². The summed E-state index contributed by atoms with van der Waals surface area (Å²) in [4.78, 5) is 3.50. The quantitative estimate of drug-likeness (QED) is 0.851. The largest absolute Gasteiger partial charge is 0.416 e. The molecular formula is C12H13F6NO. The van der Waals surface area contributed by atoms with Gasteiger partial charge < -0.3 is 5.11 Å². The van der Waals surface area contributed by atoms with Crippen LogP contribution in [0.4, 0.5) is 26.3 Å². The zero-order chi connectivity index (χ0) is 15.6. The fourth-order valence-corrected chi connectivity index (χ4v) is 1.84. The van der Waals surface area contributed by atoms with Crippen molar-refractivity contribution < 1.29 is 31.4 Å². The molecule has 0 aromatic carbocycles. The van der Waals surface area contributed by atoms with Crippen molar-refractivity contribution in [2.75, 3.05) is 0 Å².